The second-order valence-electron chi connectivity index (χ2n) is 4.72. The number of fused-ring (bicyclic) bond motifs is 1. The fourth-order valence-electron chi connectivity index (χ4n) is 1.93. The van der Waals surface area contributed by atoms with Gasteiger partial charge < -0.3 is 5.32 Å². The van der Waals surface area contributed by atoms with Crippen LogP contribution in [0, 0.1) is 0 Å². The van der Waals surface area contributed by atoms with Gasteiger partial charge in [0, 0.05) is 30.6 Å². The van der Waals surface area contributed by atoms with Crippen molar-refractivity contribution in [1.82, 2.24) is 10.3 Å². The van der Waals surface area contributed by atoms with Crippen LogP contribution in [0.1, 0.15) is 12.0 Å². The first-order chi connectivity index (χ1) is 9.04. The first kappa shape index (κ1) is 14.0. The molecule has 0 radical (unpaired) electrons. The zero-order valence-electron chi connectivity index (χ0n) is 11.0. The third-order valence-corrected chi connectivity index (χ3v) is 3.93. The average molecular weight is 278 g/mol. The second-order valence-corrected chi connectivity index (χ2v) is 6.98. The molecule has 0 atom stereocenters. The topological polar surface area (TPSA) is 59.1 Å². The molecule has 0 unspecified atom stereocenters. The molecule has 0 amide bonds. The van der Waals surface area contributed by atoms with Crippen molar-refractivity contribution in [3.05, 3.63) is 42.2 Å². The summed E-state index contributed by atoms with van der Waals surface area (Å²) in [4.78, 5) is 4.08. The molecular formula is C14H18N2O2S. The Morgan fingerprint density at radius 3 is 2.84 bits per heavy atom. The Kier molecular flexibility index (Phi) is 4.50. The van der Waals surface area contributed by atoms with E-state index in [1.54, 1.807) is 6.20 Å². The van der Waals surface area contributed by atoms with E-state index in [0.29, 0.717) is 13.0 Å². The van der Waals surface area contributed by atoms with Crippen molar-refractivity contribution >= 4 is 20.6 Å². The van der Waals surface area contributed by atoms with Gasteiger partial charge in [-0.3, -0.25) is 4.98 Å². The molecule has 0 fully saturated rings. The molecule has 0 aliphatic heterocycles. The van der Waals surface area contributed by atoms with Crippen LogP contribution in [-0.2, 0) is 16.4 Å². The van der Waals surface area contributed by atoms with E-state index < -0.39 is 9.84 Å². The molecular weight excluding hydrogens is 260 g/mol. The Morgan fingerprint density at radius 2 is 2.05 bits per heavy atom. The monoisotopic (exact) mass is 278 g/mol. The number of pyridine rings is 1. The van der Waals surface area contributed by atoms with E-state index in [2.05, 4.69) is 28.5 Å². The lowest BCUT2D eigenvalue weighted by Gasteiger charge is -2.06. The summed E-state index contributed by atoms with van der Waals surface area (Å²) >= 11 is 0. The van der Waals surface area contributed by atoms with Crippen LogP contribution in [0.15, 0.2) is 36.7 Å². The first-order valence-corrected chi connectivity index (χ1v) is 8.32. The summed E-state index contributed by atoms with van der Waals surface area (Å²) in [5.41, 5.74) is 1.19. The maximum Gasteiger partial charge on any atom is 0.147 e. The van der Waals surface area contributed by atoms with Gasteiger partial charge in [0.2, 0.25) is 0 Å². The van der Waals surface area contributed by atoms with Gasteiger partial charge in [-0.2, -0.15) is 0 Å². The molecule has 19 heavy (non-hydrogen) atoms. The lowest BCUT2D eigenvalue weighted by atomic mass is 10.1. The predicted octanol–water partition coefficient (Wildman–Crippen LogP) is 1.76. The van der Waals surface area contributed by atoms with Crippen molar-refractivity contribution in [3.8, 4) is 0 Å². The molecule has 1 aromatic carbocycles. The molecule has 2 rings (SSSR count). The highest BCUT2D eigenvalue weighted by molar-refractivity contribution is 7.90. The summed E-state index contributed by atoms with van der Waals surface area (Å²) in [6.07, 6.45) is 5.55. The molecule has 0 aliphatic rings. The number of nitrogens with one attached hydrogen (secondary N) is 1. The molecule has 0 aliphatic carbocycles. The summed E-state index contributed by atoms with van der Waals surface area (Å²) in [6.45, 7) is 1.46. The molecule has 1 aromatic heterocycles. The minimum Gasteiger partial charge on any atom is -0.313 e. The maximum absolute atomic E-state index is 11.0. The maximum atomic E-state index is 11.0. The smallest absolute Gasteiger partial charge is 0.147 e. The van der Waals surface area contributed by atoms with Crippen LogP contribution in [-0.4, -0.2) is 32.0 Å². The largest absolute Gasteiger partial charge is 0.313 e. The fourth-order valence-corrected chi connectivity index (χ4v) is 2.60. The zero-order valence-corrected chi connectivity index (χ0v) is 11.8. The van der Waals surface area contributed by atoms with Crippen LogP contribution in [0.4, 0.5) is 0 Å². The Balaban J connectivity index is 1.85. The second kappa shape index (κ2) is 6.12. The number of hydrogen-bond acceptors (Lipinski definition) is 4. The Labute approximate surface area is 113 Å². The minimum atomic E-state index is -2.84. The van der Waals surface area contributed by atoms with E-state index in [-0.39, 0.29) is 5.75 Å². The van der Waals surface area contributed by atoms with Crippen LogP contribution in [0.2, 0.25) is 0 Å². The Bertz CT molecular complexity index is 653. The molecule has 0 saturated heterocycles. The minimum absolute atomic E-state index is 0.239. The Morgan fingerprint density at radius 1 is 1.21 bits per heavy atom. The third kappa shape index (κ3) is 4.61. The van der Waals surface area contributed by atoms with Crippen LogP contribution in [0.3, 0.4) is 0 Å². The van der Waals surface area contributed by atoms with E-state index >= 15 is 0 Å². The molecule has 0 bridgehead atoms. The molecule has 0 saturated carbocycles. The molecule has 1 N–H and O–H groups in total. The molecule has 5 heteroatoms. The van der Waals surface area contributed by atoms with Crippen molar-refractivity contribution < 1.29 is 8.42 Å². The van der Waals surface area contributed by atoms with E-state index in [0.717, 1.165) is 11.9 Å². The first-order valence-electron chi connectivity index (χ1n) is 6.26. The quantitative estimate of drug-likeness (QED) is 0.818. The number of hydrogen-bond donors (Lipinski definition) is 1. The summed E-state index contributed by atoms with van der Waals surface area (Å²) in [5, 5.41) is 5.56. The molecule has 2 aromatic rings. The van der Waals surface area contributed by atoms with Crippen molar-refractivity contribution in [2.45, 2.75) is 13.0 Å². The highest BCUT2D eigenvalue weighted by Gasteiger charge is 2.01. The van der Waals surface area contributed by atoms with Gasteiger partial charge in [-0.25, -0.2) is 8.42 Å². The number of nitrogens with zero attached hydrogens (tertiary/aromatic N) is 1. The summed E-state index contributed by atoms with van der Waals surface area (Å²) in [7, 11) is -2.84. The average Bonchev–Trinajstić information content (AvgIpc) is 2.37. The van der Waals surface area contributed by atoms with Crippen LogP contribution in [0.25, 0.3) is 10.8 Å². The highest BCUT2D eigenvalue weighted by atomic mass is 32.2. The predicted molar refractivity (Wildman–Crippen MR) is 77.8 cm³/mol. The normalized spacial score (nSPS) is 11.8. The van der Waals surface area contributed by atoms with Gasteiger partial charge >= 0.3 is 0 Å². The fraction of sp³-hybridized carbons (Fsp3) is 0.357. The van der Waals surface area contributed by atoms with Gasteiger partial charge in [-0.15, -0.1) is 0 Å². The number of benzene rings is 1. The van der Waals surface area contributed by atoms with Gasteiger partial charge in [0.25, 0.3) is 0 Å². The molecule has 4 nitrogen and oxygen atoms in total. The van der Waals surface area contributed by atoms with Gasteiger partial charge in [0.05, 0.1) is 5.75 Å². The van der Waals surface area contributed by atoms with E-state index in [1.165, 1.54) is 17.2 Å². The summed E-state index contributed by atoms with van der Waals surface area (Å²) < 4.78 is 22.0. The van der Waals surface area contributed by atoms with Crippen molar-refractivity contribution in [2.24, 2.45) is 0 Å². The highest BCUT2D eigenvalue weighted by Crippen LogP contribution is 2.14. The number of sulfone groups is 1. The van der Waals surface area contributed by atoms with Crippen LogP contribution in [0.5, 0.6) is 0 Å². The number of aromatic nitrogens is 1. The van der Waals surface area contributed by atoms with Gasteiger partial charge in [-0.05, 0) is 36.0 Å². The summed E-state index contributed by atoms with van der Waals surface area (Å²) in [6, 6.07) is 8.23. The van der Waals surface area contributed by atoms with E-state index in [9.17, 15) is 8.42 Å². The molecule has 102 valence electrons. The van der Waals surface area contributed by atoms with Gasteiger partial charge in [-0.1, -0.05) is 12.1 Å². The summed E-state index contributed by atoms with van der Waals surface area (Å²) in [5.74, 6) is 0.239. The van der Waals surface area contributed by atoms with Crippen molar-refractivity contribution in [1.29, 1.82) is 0 Å². The van der Waals surface area contributed by atoms with Crippen molar-refractivity contribution in [2.75, 3.05) is 18.6 Å². The lowest BCUT2D eigenvalue weighted by Crippen LogP contribution is -2.17. The lowest BCUT2D eigenvalue weighted by molar-refractivity contribution is 0.594. The van der Waals surface area contributed by atoms with Crippen molar-refractivity contribution in [3.63, 3.8) is 0 Å². The standard InChI is InChI=1S/C14H18N2O2S/c1-19(17,18)8-2-6-15-10-12-3-4-14-11-16-7-5-13(14)9-12/h3-5,7,9,11,15H,2,6,8,10H2,1H3. The van der Waals surface area contributed by atoms with Crippen LogP contribution < -0.4 is 5.32 Å². The molecule has 0 spiro atoms. The molecule has 1 heterocycles. The van der Waals surface area contributed by atoms with E-state index in [1.807, 2.05) is 12.3 Å². The SMILES string of the molecule is CS(=O)(=O)CCCNCc1ccc2cnccc2c1. The third-order valence-electron chi connectivity index (χ3n) is 2.90. The van der Waals surface area contributed by atoms with Gasteiger partial charge in [0.15, 0.2) is 0 Å². The van der Waals surface area contributed by atoms with E-state index in [4.69, 9.17) is 0 Å². The van der Waals surface area contributed by atoms with Crippen LogP contribution >= 0.6 is 0 Å². The Hall–Kier alpha value is -1.46. The zero-order chi connectivity index (χ0) is 13.7. The van der Waals surface area contributed by atoms with Gasteiger partial charge in [0.1, 0.15) is 9.84 Å². The number of rotatable bonds is 6.